The van der Waals surface area contributed by atoms with Gasteiger partial charge in [-0.25, -0.2) is 18.1 Å². The Balaban J connectivity index is 0.797. The lowest BCUT2D eigenvalue weighted by atomic mass is 9.59. The van der Waals surface area contributed by atoms with Gasteiger partial charge < -0.3 is 34.1 Å². The zero-order chi connectivity index (χ0) is 47.6. The summed E-state index contributed by atoms with van der Waals surface area (Å²) in [5.41, 5.74) is 4.26. The highest BCUT2D eigenvalue weighted by molar-refractivity contribution is 7.90. The second-order valence-electron chi connectivity index (χ2n) is 20.3. The Morgan fingerprint density at radius 3 is 2.57 bits per heavy atom. The number of aromatic amines is 1. The predicted octanol–water partition coefficient (Wildman–Crippen LogP) is 7.75. The number of carbonyl (C=O) groups excluding carboxylic acids is 1. The Labute approximate surface area is 402 Å². The molecule has 4 saturated heterocycles. The molecule has 1 spiro atoms. The van der Waals surface area contributed by atoms with Gasteiger partial charge in [0.1, 0.15) is 23.8 Å². The molecule has 5 aromatic rings. The van der Waals surface area contributed by atoms with Gasteiger partial charge in [-0.1, -0.05) is 38.1 Å². The van der Waals surface area contributed by atoms with Crippen LogP contribution in [0.15, 0.2) is 84.0 Å². The number of ether oxygens (including phenoxy) is 4. The smallest absolute Gasteiger partial charge is 0.297 e. The van der Waals surface area contributed by atoms with Crippen molar-refractivity contribution in [3.05, 3.63) is 106 Å². The van der Waals surface area contributed by atoms with Crippen molar-refractivity contribution in [2.24, 2.45) is 5.41 Å². The van der Waals surface area contributed by atoms with E-state index in [0.717, 1.165) is 49.6 Å². The predicted molar refractivity (Wildman–Crippen MR) is 260 cm³/mol. The minimum atomic E-state index is -4.68. The number of anilines is 2. The van der Waals surface area contributed by atoms with Gasteiger partial charge in [0.05, 0.1) is 59.6 Å². The number of likely N-dealkylation sites (tertiary alicyclic amines) is 1. The first kappa shape index (κ1) is 45.6. The molecule has 6 aliphatic rings. The molecule has 0 radical (unpaired) electrons. The van der Waals surface area contributed by atoms with Crippen molar-refractivity contribution in [2.75, 3.05) is 62.8 Å². The minimum Gasteiger partial charge on any atom is -0.489 e. The molecule has 17 nitrogen and oxygen atoms in total. The lowest BCUT2D eigenvalue weighted by molar-refractivity contribution is -0.384. The second kappa shape index (κ2) is 18.2. The maximum absolute atomic E-state index is 14.2. The average Bonchev–Trinajstić information content (AvgIpc) is 4.00. The Morgan fingerprint density at radius 1 is 0.986 bits per heavy atom. The first-order chi connectivity index (χ1) is 33.3. The lowest BCUT2D eigenvalue weighted by Gasteiger charge is -2.56. The number of aromatic nitrogens is 2. The first-order valence-electron chi connectivity index (χ1n) is 24.4. The lowest BCUT2D eigenvalue weighted by Crippen LogP contribution is -2.62. The fraction of sp³-hybridized carbons (Fsp3) is 0.490. The number of nitrogens with one attached hydrogen (secondary N) is 3. The molecule has 1 amide bonds. The molecule has 0 unspecified atom stereocenters. The molecule has 2 aromatic heterocycles. The zero-order valence-corrected chi connectivity index (χ0v) is 40.1. The maximum atomic E-state index is 14.2. The monoisotopic (exact) mass is 960 g/mol. The number of nitro groups is 1. The summed E-state index contributed by atoms with van der Waals surface area (Å²) in [4.78, 5) is 40.5. The summed E-state index contributed by atoms with van der Waals surface area (Å²) >= 11 is 0. The third-order valence-corrected chi connectivity index (χ3v) is 17.0. The van der Waals surface area contributed by atoms with Crippen LogP contribution < -0.4 is 24.4 Å². The van der Waals surface area contributed by atoms with Crippen LogP contribution in [0.3, 0.4) is 0 Å². The molecule has 1 aliphatic carbocycles. The average molecular weight is 961 g/mol. The van der Waals surface area contributed by atoms with Gasteiger partial charge in [0, 0.05) is 73.2 Å². The third kappa shape index (κ3) is 8.79. The van der Waals surface area contributed by atoms with Crippen LogP contribution in [0.25, 0.3) is 11.0 Å². The maximum Gasteiger partial charge on any atom is 0.297 e. The van der Waals surface area contributed by atoms with Gasteiger partial charge in [-0.3, -0.25) is 24.7 Å². The number of pyridine rings is 1. The van der Waals surface area contributed by atoms with Crippen molar-refractivity contribution in [1.82, 2.24) is 24.5 Å². The molecule has 11 rings (SSSR count). The summed E-state index contributed by atoms with van der Waals surface area (Å²) in [5.74, 6) is 0.00236. The number of nitro benzene ring substituents is 1. The van der Waals surface area contributed by atoms with Crippen LogP contribution in [-0.4, -0.2) is 122 Å². The largest absolute Gasteiger partial charge is 0.489 e. The van der Waals surface area contributed by atoms with Crippen molar-refractivity contribution in [3.63, 3.8) is 0 Å². The highest BCUT2D eigenvalue weighted by Gasteiger charge is 2.50. The zero-order valence-electron chi connectivity index (χ0n) is 39.3. The molecule has 18 heteroatoms. The summed E-state index contributed by atoms with van der Waals surface area (Å²) in [6, 6.07) is 21.0. The van der Waals surface area contributed by atoms with Gasteiger partial charge in [-0.15, -0.1) is 0 Å². The number of piperidine rings is 1. The summed E-state index contributed by atoms with van der Waals surface area (Å²) in [7, 11) is -4.68. The molecule has 364 valence electrons. The van der Waals surface area contributed by atoms with Gasteiger partial charge in [0.15, 0.2) is 11.4 Å². The Hall–Kier alpha value is -5.79. The molecule has 1 saturated carbocycles. The number of carbonyl (C=O) groups is 1. The van der Waals surface area contributed by atoms with Crippen LogP contribution in [0.1, 0.15) is 92.7 Å². The standard InChI is InChI=1S/C51H60N8O9S/c1-31(2)39-7-4-5-8-40(39)43-9-6-16-57(43)35-23-51(24-35)13-17-56(18-14-51)34-10-11-41(45(20-34)68-37-19-33-12-15-52-49(33)53-25-37)50(60)55-69(63,64)38-21-44(59(61)62)48-46(22-38)67-30-42(54-48)47-26-58(32(3)27-66-47)36-28-65-29-36/h4-5,7-8,10-12,15,19-22,25,31-32,35-36,42-43,47,54H,6,9,13-14,16-18,23-24,26-30H2,1-3H3,(H,52,53)(H,55,60)/t32-,42-,43+,47-/m1/s1. The summed E-state index contributed by atoms with van der Waals surface area (Å²) in [6.07, 6.45) is 9.88. The Bertz CT molecular complexity index is 2870. The fourth-order valence-electron chi connectivity index (χ4n) is 11.7. The third-order valence-electron chi connectivity index (χ3n) is 15.7. The fourth-order valence-corrected chi connectivity index (χ4v) is 12.7. The first-order valence-corrected chi connectivity index (χ1v) is 25.9. The van der Waals surface area contributed by atoms with Crippen LogP contribution in [-0.2, 0) is 19.5 Å². The van der Waals surface area contributed by atoms with E-state index in [2.05, 4.69) is 79.7 Å². The van der Waals surface area contributed by atoms with Crippen LogP contribution in [0.4, 0.5) is 17.1 Å². The van der Waals surface area contributed by atoms with E-state index in [0.29, 0.717) is 61.2 Å². The number of hydrogen-bond donors (Lipinski definition) is 3. The normalized spacial score (nSPS) is 24.3. The Kier molecular flexibility index (Phi) is 12.0. The summed E-state index contributed by atoms with van der Waals surface area (Å²) in [6.45, 7) is 11.9. The number of morpholine rings is 1. The molecule has 4 atom stereocenters. The minimum absolute atomic E-state index is 0.0175. The molecule has 3 aromatic carbocycles. The van der Waals surface area contributed by atoms with Crippen LogP contribution in [0, 0.1) is 15.5 Å². The van der Waals surface area contributed by atoms with Gasteiger partial charge in [-0.2, -0.15) is 0 Å². The molecule has 0 bridgehead atoms. The van der Waals surface area contributed by atoms with Gasteiger partial charge in [0.25, 0.3) is 21.6 Å². The number of benzene rings is 3. The van der Waals surface area contributed by atoms with Crippen molar-refractivity contribution in [1.29, 1.82) is 0 Å². The molecular weight excluding hydrogens is 901 g/mol. The Morgan fingerprint density at radius 2 is 1.80 bits per heavy atom. The molecule has 5 aliphatic heterocycles. The summed E-state index contributed by atoms with van der Waals surface area (Å²) < 4.78 is 54.3. The number of amides is 1. The van der Waals surface area contributed by atoms with Crippen LogP contribution >= 0.6 is 0 Å². The van der Waals surface area contributed by atoms with E-state index < -0.39 is 37.5 Å². The SMILES string of the molecule is CC(C)c1ccccc1[C@@H]1CCCN1C1CC2(CCN(c3ccc(C(=O)NS(=O)(=O)c4cc5c(c([N+](=O)[O-])c4)N[C@@H]([C@H]4CN(C6COC6)[C@H](C)CO4)CO5)c(Oc4cnc5[nH]ccc5c4)c3)CC2)C1. The van der Waals surface area contributed by atoms with E-state index in [-0.39, 0.29) is 47.5 Å². The molecule has 5 fully saturated rings. The van der Waals surface area contributed by atoms with Crippen molar-refractivity contribution in [3.8, 4) is 17.2 Å². The number of fused-ring (bicyclic) bond motifs is 2. The van der Waals surface area contributed by atoms with E-state index in [1.165, 1.54) is 42.9 Å². The molecule has 69 heavy (non-hydrogen) atoms. The van der Waals surface area contributed by atoms with Gasteiger partial charge in [0.2, 0.25) is 0 Å². The van der Waals surface area contributed by atoms with E-state index in [1.807, 2.05) is 12.1 Å². The number of rotatable bonds is 12. The topological polar surface area (TPSA) is 194 Å². The van der Waals surface area contributed by atoms with Crippen LogP contribution in [0.2, 0.25) is 0 Å². The number of sulfonamides is 1. The van der Waals surface area contributed by atoms with E-state index in [4.69, 9.17) is 18.9 Å². The van der Waals surface area contributed by atoms with Crippen molar-refractivity contribution >= 4 is 44.0 Å². The number of H-pyrrole nitrogens is 1. The summed E-state index contributed by atoms with van der Waals surface area (Å²) in [5, 5.41) is 16.5. The van der Waals surface area contributed by atoms with E-state index in [1.54, 1.807) is 30.6 Å². The molecule has 7 heterocycles. The van der Waals surface area contributed by atoms with Crippen LogP contribution in [0.5, 0.6) is 17.2 Å². The van der Waals surface area contributed by atoms with E-state index in [9.17, 15) is 23.3 Å². The highest BCUT2D eigenvalue weighted by atomic mass is 32.2. The van der Waals surface area contributed by atoms with Crippen molar-refractivity contribution < 1.29 is 37.1 Å². The molecule has 3 N–H and O–H groups in total. The number of nitrogens with zero attached hydrogens (tertiary/aromatic N) is 5. The highest BCUT2D eigenvalue weighted by Crippen LogP contribution is 2.54. The number of hydrogen-bond acceptors (Lipinski definition) is 14. The van der Waals surface area contributed by atoms with Gasteiger partial charge >= 0.3 is 0 Å². The van der Waals surface area contributed by atoms with Crippen molar-refractivity contribution in [2.45, 2.75) is 106 Å². The quantitative estimate of drug-likeness (QED) is 0.0812. The second-order valence-corrected chi connectivity index (χ2v) is 22.0. The van der Waals surface area contributed by atoms with E-state index >= 15 is 0 Å². The molecular formula is C51H60N8O9S. The van der Waals surface area contributed by atoms with Gasteiger partial charge in [-0.05, 0) is 98.7 Å².